The van der Waals surface area contributed by atoms with Crippen LogP contribution < -0.4 is 5.01 Å². The lowest BCUT2D eigenvalue weighted by Gasteiger charge is -2.18. The first-order valence-corrected chi connectivity index (χ1v) is 9.34. The van der Waals surface area contributed by atoms with E-state index in [2.05, 4.69) is 5.10 Å². The number of anilines is 1. The second kappa shape index (κ2) is 6.84. The zero-order valence-corrected chi connectivity index (χ0v) is 15.4. The van der Waals surface area contributed by atoms with Crippen LogP contribution in [-0.4, -0.2) is 17.4 Å². The number of benzene rings is 4. The molecule has 0 N–H and O–H groups in total. The van der Waals surface area contributed by atoms with Crippen LogP contribution in [0.1, 0.15) is 26.3 Å². The molecular formula is C25H16N2O2. The number of nitrogens with zero attached hydrogens (tertiary/aromatic N) is 2. The number of ketones is 1. The maximum absolute atomic E-state index is 13.3. The molecule has 4 nitrogen and oxygen atoms in total. The highest BCUT2D eigenvalue weighted by Crippen LogP contribution is 2.32. The molecule has 1 amide bonds. The van der Waals surface area contributed by atoms with Crippen molar-refractivity contribution in [2.75, 3.05) is 5.01 Å². The van der Waals surface area contributed by atoms with E-state index in [0.717, 1.165) is 16.3 Å². The van der Waals surface area contributed by atoms with Crippen molar-refractivity contribution in [3.8, 4) is 0 Å². The number of hydrazone groups is 1. The lowest BCUT2D eigenvalue weighted by atomic mass is 10.1. The van der Waals surface area contributed by atoms with Crippen LogP contribution in [0.2, 0.25) is 0 Å². The van der Waals surface area contributed by atoms with Gasteiger partial charge in [-0.1, -0.05) is 72.8 Å². The Morgan fingerprint density at radius 1 is 0.690 bits per heavy atom. The highest BCUT2D eigenvalue weighted by atomic mass is 16.2. The molecule has 0 saturated heterocycles. The van der Waals surface area contributed by atoms with Gasteiger partial charge in [-0.15, -0.1) is 0 Å². The van der Waals surface area contributed by atoms with Crippen LogP contribution in [0.5, 0.6) is 0 Å². The topological polar surface area (TPSA) is 49.7 Å². The molecule has 4 aromatic rings. The summed E-state index contributed by atoms with van der Waals surface area (Å²) >= 11 is 0. The minimum Gasteiger partial charge on any atom is -0.287 e. The summed E-state index contributed by atoms with van der Waals surface area (Å²) in [4.78, 5) is 26.4. The SMILES string of the molecule is O=C1C(=NN(C(=O)c2ccccc2)c2ccccc2)c2cccc3cccc1c23. The molecule has 4 heteroatoms. The second-order valence-electron chi connectivity index (χ2n) is 6.81. The van der Waals surface area contributed by atoms with Gasteiger partial charge in [0, 0.05) is 22.1 Å². The van der Waals surface area contributed by atoms with Crippen LogP contribution in [0.3, 0.4) is 0 Å². The smallest absolute Gasteiger partial charge is 0.278 e. The van der Waals surface area contributed by atoms with E-state index in [9.17, 15) is 9.59 Å². The van der Waals surface area contributed by atoms with Crippen molar-refractivity contribution in [2.45, 2.75) is 0 Å². The molecule has 5 rings (SSSR count). The molecule has 1 aliphatic rings. The van der Waals surface area contributed by atoms with Gasteiger partial charge in [0.15, 0.2) is 0 Å². The molecular weight excluding hydrogens is 360 g/mol. The van der Waals surface area contributed by atoms with E-state index in [0.29, 0.717) is 16.8 Å². The van der Waals surface area contributed by atoms with Gasteiger partial charge in [0.25, 0.3) is 5.91 Å². The summed E-state index contributed by atoms with van der Waals surface area (Å²) in [5.41, 5.74) is 2.76. The Morgan fingerprint density at radius 2 is 1.31 bits per heavy atom. The molecule has 0 saturated carbocycles. The van der Waals surface area contributed by atoms with E-state index in [1.807, 2.05) is 60.7 Å². The zero-order chi connectivity index (χ0) is 19.8. The molecule has 4 aromatic carbocycles. The fraction of sp³-hybridized carbons (Fsp3) is 0. The van der Waals surface area contributed by atoms with E-state index in [1.54, 1.807) is 36.4 Å². The quantitative estimate of drug-likeness (QED) is 0.468. The fourth-order valence-corrected chi connectivity index (χ4v) is 3.67. The molecule has 0 heterocycles. The van der Waals surface area contributed by atoms with Crippen LogP contribution in [0.4, 0.5) is 5.69 Å². The minimum absolute atomic E-state index is 0.168. The summed E-state index contributed by atoms with van der Waals surface area (Å²) in [6.45, 7) is 0. The number of amides is 1. The number of hydrogen-bond donors (Lipinski definition) is 0. The van der Waals surface area contributed by atoms with Crippen molar-refractivity contribution in [1.82, 2.24) is 0 Å². The molecule has 1 aliphatic carbocycles. The molecule has 0 radical (unpaired) electrons. The number of para-hydroxylation sites is 1. The average molecular weight is 376 g/mol. The van der Waals surface area contributed by atoms with Crippen LogP contribution in [0, 0.1) is 0 Å². The van der Waals surface area contributed by atoms with Gasteiger partial charge in [-0.2, -0.15) is 10.1 Å². The Morgan fingerprint density at radius 3 is 2.00 bits per heavy atom. The molecule has 0 unspecified atom stereocenters. The Balaban J connectivity index is 1.69. The molecule has 0 aliphatic heterocycles. The highest BCUT2D eigenvalue weighted by Gasteiger charge is 2.30. The third-order valence-corrected chi connectivity index (χ3v) is 5.03. The van der Waals surface area contributed by atoms with E-state index in [-0.39, 0.29) is 17.4 Å². The summed E-state index contributed by atoms with van der Waals surface area (Å²) in [6, 6.07) is 29.5. The van der Waals surface area contributed by atoms with Crippen LogP contribution >= 0.6 is 0 Å². The van der Waals surface area contributed by atoms with Crippen molar-refractivity contribution in [3.63, 3.8) is 0 Å². The lowest BCUT2D eigenvalue weighted by molar-refractivity contribution is 0.0987. The van der Waals surface area contributed by atoms with Crippen molar-refractivity contribution in [3.05, 3.63) is 114 Å². The van der Waals surface area contributed by atoms with Gasteiger partial charge in [0.2, 0.25) is 5.78 Å². The predicted molar refractivity (Wildman–Crippen MR) is 115 cm³/mol. The largest absolute Gasteiger partial charge is 0.287 e. The number of carbonyl (C=O) groups excluding carboxylic acids is 2. The number of hydrogen-bond acceptors (Lipinski definition) is 3. The van der Waals surface area contributed by atoms with E-state index in [1.165, 1.54) is 5.01 Å². The lowest BCUT2D eigenvalue weighted by Crippen LogP contribution is -2.28. The maximum atomic E-state index is 13.3. The summed E-state index contributed by atoms with van der Waals surface area (Å²) in [5, 5.41) is 7.78. The molecule has 0 fully saturated rings. The van der Waals surface area contributed by atoms with Crippen LogP contribution in [0.25, 0.3) is 10.8 Å². The van der Waals surface area contributed by atoms with Gasteiger partial charge < -0.3 is 0 Å². The van der Waals surface area contributed by atoms with E-state index < -0.39 is 0 Å². The minimum atomic E-state index is -0.291. The number of rotatable bonds is 3. The van der Waals surface area contributed by atoms with Gasteiger partial charge in [0.05, 0.1) is 5.69 Å². The average Bonchev–Trinajstić information content (AvgIpc) is 3.06. The monoisotopic (exact) mass is 376 g/mol. The predicted octanol–water partition coefficient (Wildman–Crippen LogP) is 5.09. The highest BCUT2D eigenvalue weighted by molar-refractivity contribution is 6.59. The molecule has 0 atom stereocenters. The first-order chi connectivity index (χ1) is 14.2. The van der Waals surface area contributed by atoms with E-state index >= 15 is 0 Å². The Hall–Kier alpha value is -4.05. The summed E-state index contributed by atoms with van der Waals surface area (Å²) in [6.07, 6.45) is 0. The second-order valence-corrected chi connectivity index (χ2v) is 6.81. The van der Waals surface area contributed by atoms with Crippen LogP contribution in [-0.2, 0) is 0 Å². The van der Waals surface area contributed by atoms with Crippen molar-refractivity contribution >= 4 is 33.9 Å². The normalized spacial score (nSPS) is 13.8. The fourth-order valence-electron chi connectivity index (χ4n) is 3.67. The molecule has 29 heavy (non-hydrogen) atoms. The Kier molecular flexibility index (Phi) is 4.03. The summed E-state index contributed by atoms with van der Waals surface area (Å²) in [7, 11) is 0. The summed E-state index contributed by atoms with van der Waals surface area (Å²) in [5.74, 6) is -0.459. The van der Waals surface area contributed by atoms with Gasteiger partial charge >= 0.3 is 0 Å². The maximum Gasteiger partial charge on any atom is 0.278 e. The van der Waals surface area contributed by atoms with Gasteiger partial charge in [-0.25, -0.2) is 0 Å². The standard InChI is InChI=1S/C25H16N2O2/c28-24-21-16-8-12-17-11-7-15-20(22(17)21)23(24)26-27(19-13-5-2-6-14-19)25(29)18-9-3-1-4-10-18/h1-16H. The summed E-state index contributed by atoms with van der Waals surface area (Å²) < 4.78 is 0. The third kappa shape index (κ3) is 2.82. The third-order valence-electron chi connectivity index (χ3n) is 5.03. The number of carbonyl (C=O) groups is 2. The molecule has 0 aromatic heterocycles. The van der Waals surface area contributed by atoms with Crippen LogP contribution in [0.15, 0.2) is 102 Å². The number of Topliss-reactive ketones (excluding diaryl/α,β-unsaturated/α-hetero) is 1. The van der Waals surface area contributed by atoms with Crippen molar-refractivity contribution < 1.29 is 9.59 Å². The zero-order valence-electron chi connectivity index (χ0n) is 15.4. The van der Waals surface area contributed by atoms with Gasteiger partial charge in [-0.05, 0) is 29.7 Å². The Bertz CT molecular complexity index is 1270. The van der Waals surface area contributed by atoms with E-state index in [4.69, 9.17) is 0 Å². The van der Waals surface area contributed by atoms with Crippen molar-refractivity contribution in [1.29, 1.82) is 0 Å². The Labute approximate surface area is 167 Å². The molecule has 138 valence electrons. The first kappa shape index (κ1) is 17.1. The van der Waals surface area contributed by atoms with Gasteiger partial charge in [-0.3, -0.25) is 9.59 Å². The molecule has 0 spiro atoms. The molecule has 0 bridgehead atoms. The van der Waals surface area contributed by atoms with Crippen molar-refractivity contribution in [2.24, 2.45) is 5.10 Å². The first-order valence-electron chi connectivity index (χ1n) is 9.34. The van der Waals surface area contributed by atoms with Gasteiger partial charge in [0.1, 0.15) is 5.71 Å².